The standard InChI is InChI=1S/C21H17BrF2N2O2.C19H16ClF2N3O3/c22-20-19(28-12-15-2-3-16(23)10-17(15)24)6-8-26(21(20)27)11-13-1-4-18-14(9-13)5-7-25-18;1-11-4-17(28-10-12-2-3-13(21)5-16(12)22)18(20)19(27)25(11)8-14-6-24-15(9-26)7-23-14/h1-4,6,8-10,25H,5,7,11-12H2;2-7,26H,8-10H2,1H3. The average Bonchev–Trinajstić information content (AvgIpc) is 3.66. The van der Waals surface area contributed by atoms with Gasteiger partial charge in [-0.1, -0.05) is 23.7 Å². The van der Waals surface area contributed by atoms with Crippen LogP contribution >= 0.6 is 27.5 Å². The SMILES string of the molecule is Cc1cc(OCc2ccc(F)cc2F)c(Cl)c(=O)n1Cc1cnc(CO)cn1.O=c1c(Br)c(OCc2ccc(F)cc2F)ccn1Cc1ccc2c(c1)CCN2. The summed E-state index contributed by atoms with van der Waals surface area (Å²) in [7, 11) is 0. The smallest absolute Gasteiger partial charge is 0.273 e. The van der Waals surface area contributed by atoms with Gasteiger partial charge in [-0.25, -0.2) is 17.6 Å². The molecule has 56 heavy (non-hydrogen) atoms. The van der Waals surface area contributed by atoms with Crippen molar-refractivity contribution in [2.45, 2.75) is 46.3 Å². The van der Waals surface area contributed by atoms with Gasteiger partial charge >= 0.3 is 0 Å². The highest BCUT2D eigenvalue weighted by Crippen LogP contribution is 2.26. The Labute approximate surface area is 331 Å². The van der Waals surface area contributed by atoms with Gasteiger partial charge in [-0.3, -0.25) is 19.6 Å². The van der Waals surface area contributed by atoms with E-state index in [9.17, 15) is 27.2 Å². The molecule has 16 heteroatoms. The Morgan fingerprint density at radius 3 is 2.09 bits per heavy atom. The number of benzene rings is 3. The van der Waals surface area contributed by atoms with Gasteiger partial charge in [-0.05, 0) is 76.8 Å². The summed E-state index contributed by atoms with van der Waals surface area (Å²) in [4.78, 5) is 33.4. The molecule has 3 aromatic heterocycles. The second-order valence-corrected chi connectivity index (χ2v) is 13.8. The molecule has 7 rings (SSSR count). The Morgan fingerprint density at radius 1 is 0.821 bits per heavy atom. The van der Waals surface area contributed by atoms with Crippen molar-refractivity contribution in [2.75, 3.05) is 11.9 Å². The van der Waals surface area contributed by atoms with E-state index in [0.717, 1.165) is 42.4 Å². The first-order valence-electron chi connectivity index (χ1n) is 17.1. The number of aliphatic hydroxyl groups excluding tert-OH is 1. The van der Waals surface area contributed by atoms with E-state index in [1.165, 1.54) is 40.7 Å². The van der Waals surface area contributed by atoms with Crippen molar-refractivity contribution in [3.05, 3.63) is 178 Å². The van der Waals surface area contributed by atoms with Crippen molar-refractivity contribution in [1.29, 1.82) is 0 Å². The molecule has 0 atom stereocenters. The molecule has 0 unspecified atom stereocenters. The molecule has 0 radical (unpaired) electrons. The molecule has 0 fully saturated rings. The number of aryl methyl sites for hydroxylation is 1. The number of hydrogen-bond donors (Lipinski definition) is 2. The van der Waals surface area contributed by atoms with E-state index in [0.29, 0.717) is 29.4 Å². The number of nitrogens with zero attached hydrogens (tertiary/aromatic N) is 4. The highest BCUT2D eigenvalue weighted by Gasteiger charge is 2.16. The Morgan fingerprint density at radius 2 is 1.46 bits per heavy atom. The molecule has 2 N–H and O–H groups in total. The second-order valence-electron chi connectivity index (χ2n) is 12.7. The van der Waals surface area contributed by atoms with Gasteiger partial charge in [0.1, 0.15) is 57.5 Å². The number of halogens is 6. The zero-order valence-corrected chi connectivity index (χ0v) is 32.0. The molecule has 290 valence electrons. The summed E-state index contributed by atoms with van der Waals surface area (Å²) in [6.07, 6.45) is 5.52. The minimum absolute atomic E-state index is 0.103. The van der Waals surface area contributed by atoms with E-state index in [2.05, 4.69) is 37.3 Å². The number of aliphatic hydroxyl groups is 1. The summed E-state index contributed by atoms with van der Waals surface area (Å²) in [5, 5.41) is 12.2. The van der Waals surface area contributed by atoms with E-state index >= 15 is 0 Å². The number of nitrogens with one attached hydrogen (secondary N) is 1. The molecule has 0 saturated heterocycles. The van der Waals surface area contributed by atoms with Crippen LogP contribution in [-0.2, 0) is 39.3 Å². The fraction of sp³-hybridized carbons (Fsp3) is 0.200. The number of fused-ring (bicyclic) bond motifs is 1. The zero-order valence-electron chi connectivity index (χ0n) is 29.7. The molecule has 1 aliphatic rings. The lowest BCUT2D eigenvalue weighted by molar-refractivity contribution is 0.276. The normalized spacial score (nSPS) is 11.7. The maximum Gasteiger partial charge on any atom is 0.273 e. The number of ether oxygens (including phenoxy) is 2. The molecule has 0 aliphatic carbocycles. The molecule has 0 spiro atoms. The number of aromatic nitrogens is 4. The monoisotopic (exact) mass is 853 g/mol. The number of rotatable bonds is 11. The van der Waals surface area contributed by atoms with Crippen molar-refractivity contribution in [1.82, 2.24) is 19.1 Å². The van der Waals surface area contributed by atoms with Crippen molar-refractivity contribution < 1.29 is 32.1 Å². The van der Waals surface area contributed by atoms with Gasteiger partial charge in [0.25, 0.3) is 11.1 Å². The van der Waals surface area contributed by atoms with Gasteiger partial charge in [0.15, 0.2) is 0 Å². The predicted octanol–water partition coefficient (Wildman–Crippen LogP) is 7.48. The third-order valence-corrected chi connectivity index (χ3v) is 9.83. The lowest BCUT2D eigenvalue weighted by Gasteiger charge is -2.14. The van der Waals surface area contributed by atoms with Crippen LogP contribution in [0, 0.1) is 30.2 Å². The first-order valence-corrected chi connectivity index (χ1v) is 18.3. The van der Waals surface area contributed by atoms with Crippen LogP contribution < -0.4 is 25.9 Å². The molecular formula is C40H33BrClF4N5O5. The molecule has 1 aliphatic heterocycles. The fourth-order valence-corrected chi connectivity index (χ4v) is 6.42. The van der Waals surface area contributed by atoms with Crippen molar-refractivity contribution in [2.24, 2.45) is 0 Å². The molecular weight excluding hydrogens is 822 g/mol. The van der Waals surface area contributed by atoms with Crippen molar-refractivity contribution >= 4 is 33.2 Å². The molecule has 0 bridgehead atoms. The van der Waals surface area contributed by atoms with Crippen LogP contribution in [0.15, 0.2) is 99.4 Å². The van der Waals surface area contributed by atoms with Crippen LogP contribution in [0.25, 0.3) is 0 Å². The highest BCUT2D eigenvalue weighted by atomic mass is 79.9. The van der Waals surface area contributed by atoms with Crippen molar-refractivity contribution in [3.63, 3.8) is 0 Å². The summed E-state index contributed by atoms with van der Waals surface area (Å²) >= 11 is 9.41. The highest BCUT2D eigenvalue weighted by molar-refractivity contribution is 9.10. The summed E-state index contributed by atoms with van der Waals surface area (Å²) in [6.45, 7) is 2.67. The molecule has 4 heterocycles. The fourth-order valence-electron chi connectivity index (χ4n) is 5.73. The maximum absolute atomic E-state index is 13.7. The Kier molecular flexibility index (Phi) is 12.9. The quantitative estimate of drug-likeness (QED) is 0.129. The van der Waals surface area contributed by atoms with Crippen LogP contribution in [0.1, 0.15) is 39.3 Å². The number of anilines is 1. The van der Waals surface area contributed by atoms with Crippen LogP contribution in [0.4, 0.5) is 23.2 Å². The summed E-state index contributed by atoms with van der Waals surface area (Å²) < 4.78 is 67.7. The summed E-state index contributed by atoms with van der Waals surface area (Å²) in [6, 6.07) is 15.8. The third-order valence-electron chi connectivity index (χ3n) is 8.76. The van der Waals surface area contributed by atoms with E-state index in [1.807, 2.05) is 12.1 Å². The van der Waals surface area contributed by atoms with Gasteiger partial charge in [-0.15, -0.1) is 0 Å². The van der Waals surface area contributed by atoms with Gasteiger partial charge in [0, 0.05) is 53.4 Å². The Bertz CT molecular complexity index is 2500. The van der Waals surface area contributed by atoms with Gasteiger partial charge in [0.05, 0.1) is 43.5 Å². The van der Waals surface area contributed by atoms with Gasteiger partial charge < -0.3 is 29.0 Å². The van der Waals surface area contributed by atoms with Crippen molar-refractivity contribution in [3.8, 4) is 11.5 Å². The van der Waals surface area contributed by atoms with E-state index in [4.69, 9.17) is 26.2 Å². The lowest BCUT2D eigenvalue weighted by atomic mass is 10.1. The first kappa shape index (κ1) is 40.2. The molecule has 10 nitrogen and oxygen atoms in total. The Hall–Kier alpha value is -5.51. The van der Waals surface area contributed by atoms with Crippen LogP contribution in [0.2, 0.25) is 5.02 Å². The minimum atomic E-state index is -0.744. The predicted molar refractivity (Wildman–Crippen MR) is 205 cm³/mol. The molecule has 6 aromatic rings. The van der Waals surface area contributed by atoms with Gasteiger partial charge in [-0.2, -0.15) is 0 Å². The molecule has 3 aromatic carbocycles. The van der Waals surface area contributed by atoms with Crippen LogP contribution in [0.3, 0.4) is 0 Å². The molecule has 0 amide bonds. The summed E-state index contributed by atoms with van der Waals surface area (Å²) in [5.74, 6) is -2.35. The van der Waals surface area contributed by atoms with E-state index in [-0.39, 0.29) is 58.3 Å². The van der Waals surface area contributed by atoms with E-state index < -0.39 is 28.8 Å². The zero-order chi connectivity index (χ0) is 39.9. The minimum Gasteiger partial charge on any atom is -0.487 e. The maximum atomic E-state index is 13.7. The largest absolute Gasteiger partial charge is 0.487 e. The number of pyridine rings is 2. The van der Waals surface area contributed by atoms with Crippen LogP contribution in [0.5, 0.6) is 11.5 Å². The second kappa shape index (κ2) is 18.0. The summed E-state index contributed by atoms with van der Waals surface area (Å²) in [5.41, 5.74) is 4.54. The molecule has 0 saturated carbocycles. The first-order chi connectivity index (χ1) is 26.9. The number of hydrogen-bond acceptors (Lipinski definition) is 8. The third kappa shape index (κ3) is 9.64. The Balaban J connectivity index is 0.000000190. The van der Waals surface area contributed by atoms with Crippen LogP contribution in [-0.4, -0.2) is 30.8 Å². The van der Waals surface area contributed by atoms with E-state index in [1.54, 1.807) is 29.8 Å². The van der Waals surface area contributed by atoms with Gasteiger partial charge in [0.2, 0.25) is 0 Å². The lowest BCUT2D eigenvalue weighted by Crippen LogP contribution is -2.24. The topological polar surface area (TPSA) is 120 Å². The average molecular weight is 855 g/mol.